The van der Waals surface area contributed by atoms with E-state index in [0.29, 0.717) is 0 Å². The molecule has 11 aromatic rings. The van der Waals surface area contributed by atoms with Gasteiger partial charge in [-0.15, -0.1) is 0 Å². The predicted octanol–water partition coefficient (Wildman–Crippen LogP) is 17.2. The van der Waals surface area contributed by atoms with Crippen LogP contribution in [0.15, 0.2) is 229 Å². The van der Waals surface area contributed by atoms with Crippen molar-refractivity contribution in [3.05, 3.63) is 236 Å². The normalized spacial score (nSPS) is 12.7. The van der Waals surface area contributed by atoms with Crippen LogP contribution in [-0.4, -0.2) is 0 Å². The number of rotatable bonds is 7. The molecule has 0 aliphatic heterocycles. The van der Waals surface area contributed by atoms with E-state index in [0.717, 1.165) is 55.5 Å². The number of fused-ring (bicyclic) bond motifs is 8. The predicted molar refractivity (Wildman–Crippen MR) is 265 cm³/mol. The first-order valence-electron chi connectivity index (χ1n) is 21.8. The topological polar surface area (TPSA) is 16.4 Å². The fraction of sp³-hybridized carbons (Fsp3) is 0.0492. The minimum Gasteiger partial charge on any atom is -0.455 e. The molecule has 2 heteroatoms. The van der Waals surface area contributed by atoms with E-state index in [4.69, 9.17) is 4.42 Å². The monoisotopic (exact) mass is 805 g/mol. The summed E-state index contributed by atoms with van der Waals surface area (Å²) in [7, 11) is 0. The van der Waals surface area contributed by atoms with Crippen LogP contribution in [0, 0.1) is 0 Å². The van der Waals surface area contributed by atoms with E-state index in [1.165, 1.54) is 61.0 Å². The molecule has 0 saturated carbocycles. The summed E-state index contributed by atoms with van der Waals surface area (Å²) in [4.78, 5) is 2.37. The van der Waals surface area contributed by atoms with Crippen molar-refractivity contribution in [3.8, 4) is 55.6 Å². The summed E-state index contributed by atoms with van der Waals surface area (Å²) < 4.78 is 6.56. The lowest BCUT2D eigenvalue weighted by atomic mass is 9.79. The van der Waals surface area contributed by atoms with Crippen LogP contribution < -0.4 is 4.90 Å². The number of furan rings is 1. The molecule has 0 radical (unpaired) electrons. The number of anilines is 3. The van der Waals surface area contributed by atoms with Crippen LogP contribution in [0.4, 0.5) is 17.1 Å². The molecule has 1 aliphatic rings. The molecule has 0 saturated heterocycles. The Hall–Kier alpha value is -7.94. The third kappa shape index (κ3) is 6.09. The molecule has 298 valence electrons. The van der Waals surface area contributed by atoms with Gasteiger partial charge in [0, 0.05) is 38.6 Å². The van der Waals surface area contributed by atoms with E-state index < -0.39 is 0 Å². The molecular weight excluding hydrogens is 763 g/mol. The third-order valence-corrected chi connectivity index (χ3v) is 13.3. The molecule has 0 spiro atoms. The second-order valence-corrected chi connectivity index (χ2v) is 17.3. The molecule has 12 rings (SSSR count). The van der Waals surface area contributed by atoms with Gasteiger partial charge in [0.15, 0.2) is 0 Å². The fourth-order valence-corrected chi connectivity index (χ4v) is 10.2. The first-order chi connectivity index (χ1) is 31.0. The van der Waals surface area contributed by atoms with E-state index in [-0.39, 0.29) is 5.41 Å². The summed E-state index contributed by atoms with van der Waals surface area (Å²) in [6.07, 6.45) is 0. The van der Waals surface area contributed by atoms with Crippen molar-refractivity contribution in [1.82, 2.24) is 0 Å². The van der Waals surface area contributed by atoms with Crippen LogP contribution in [0.5, 0.6) is 0 Å². The molecule has 0 unspecified atom stereocenters. The summed E-state index contributed by atoms with van der Waals surface area (Å²) in [6.45, 7) is 4.72. The Morgan fingerprint density at radius 2 is 0.889 bits per heavy atom. The third-order valence-electron chi connectivity index (χ3n) is 13.3. The van der Waals surface area contributed by atoms with Crippen LogP contribution in [0.3, 0.4) is 0 Å². The standard InChI is InChI=1S/C61H43NO/c1-61(2)56-23-9-8-19-53(56)54-22-11-21-51(59(54)61)44-29-36-49(37-30-44)62(47-32-25-41(26-33-47)46-17-10-16-45(39-46)40-13-4-3-5-14-40)48-34-27-43(28-35-48)50-20-12-24-57-58(50)55-38-31-42-15-6-7-18-52(42)60(55)63-57/h3-39H,1-2H3. The van der Waals surface area contributed by atoms with Crippen molar-refractivity contribution in [3.63, 3.8) is 0 Å². The fourth-order valence-electron chi connectivity index (χ4n) is 10.2. The zero-order valence-electron chi connectivity index (χ0n) is 35.2. The van der Waals surface area contributed by atoms with Crippen LogP contribution >= 0.6 is 0 Å². The van der Waals surface area contributed by atoms with Crippen LogP contribution in [0.25, 0.3) is 88.3 Å². The van der Waals surface area contributed by atoms with Gasteiger partial charge in [0.05, 0.1) is 0 Å². The number of hydrogen-bond donors (Lipinski definition) is 0. The molecule has 0 atom stereocenters. The van der Waals surface area contributed by atoms with E-state index in [1.54, 1.807) is 0 Å². The Balaban J connectivity index is 0.944. The summed E-state index contributed by atoms with van der Waals surface area (Å²) in [5, 5.41) is 4.59. The summed E-state index contributed by atoms with van der Waals surface area (Å²) in [6, 6.07) is 81.5. The van der Waals surface area contributed by atoms with E-state index >= 15 is 0 Å². The maximum Gasteiger partial charge on any atom is 0.143 e. The zero-order valence-corrected chi connectivity index (χ0v) is 35.2. The van der Waals surface area contributed by atoms with Gasteiger partial charge >= 0.3 is 0 Å². The second-order valence-electron chi connectivity index (χ2n) is 17.3. The average molecular weight is 806 g/mol. The lowest BCUT2D eigenvalue weighted by Gasteiger charge is -2.27. The summed E-state index contributed by atoms with van der Waals surface area (Å²) >= 11 is 0. The molecule has 1 heterocycles. The van der Waals surface area contributed by atoms with Crippen molar-refractivity contribution >= 4 is 49.8 Å². The molecule has 0 fully saturated rings. The maximum atomic E-state index is 6.56. The molecule has 1 aromatic heterocycles. The zero-order chi connectivity index (χ0) is 42.1. The van der Waals surface area contributed by atoms with Gasteiger partial charge in [-0.1, -0.05) is 184 Å². The van der Waals surface area contributed by atoms with Gasteiger partial charge in [-0.05, 0) is 127 Å². The van der Waals surface area contributed by atoms with Crippen LogP contribution in [-0.2, 0) is 5.41 Å². The first kappa shape index (κ1) is 36.9. The molecular formula is C61H43NO. The van der Waals surface area contributed by atoms with Crippen molar-refractivity contribution in [2.45, 2.75) is 19.3 Å². The minimum absolute atomic E-state index is 0.0990. The highest BCUT2D eigenvalue weighted by atomic mass is 16.3. The molecule has 10 aromatic carbocycles. The maximum absolute atomic E-state index is 6.56. The number of nitrogens with zero attached hydrogens (tertiary/aromatic N) is 1. The van der Waals surface area contributed by atoms with Gasteiger partial charge in [-0.3, -0.25) is 0 Å². The van der Waals surface area contributed by atoms with E-state index in [1.807, 2.05) is 0 Å². The Kier molecular flexibility index (Phi) is 8.55. The molecule has 0 bridgehead atoms. The molecule has 1 aliphatic carbocycles. The summed E-state index contributed by atoms with van der Waals surface area (Å²) in [5.41, 5.74) is 20.1. The Bertz CT molecular complexity index is 3500. The van der Waals surface area contributed by atoms with Crippen molar-refractivity contribution in [2.75, 3.05) is 4.90 Å². The van der Waals surface area contributed by atoms with Gasteiger partial charge in [0.1, 0.15) is 11.2 Å². The smallest absolute Gasteiger partial charge is 0.143 e. The summed E-state index contributed by atoms with van der Waals surface area (Å²) in [5.74, 6) is 0. The molecule has 2 nitrogen and oxygen atoms in total. The largest absolute Gasteiger partial charge is 0.455 e. The van der Waals surface area contributed by atoms with Gasteiger partial charge in [0.2, 0.25) is 0 Å². The van der Waals surface area contributed by atoms with Gasteiger partial charge in [-0.25, -0.2) is 0 Å². The van der Waals surface area contributed by atoms with Crippen molar-refractivity contribution in [2.24, 2.45) is 0 Å². The SMILES string of the molecule is CC1(C)c2ccccc2-c2cccc(-c3ccc(N(c4ccc(-c5cccc(-c6ccccc6)c5)cc4)c4ccc(-c5cccc6oc7c8ccccc8ccc7c56)cc4)cc3)c21. The van der Waals surface area contributed by atoms with Crippen LogP contribution in [0.2, 0.25) is 0 Å². The molecule has 0 amide bonds. The lowest BCUT2D eigenvalue weighted by Crippen LogP contribution is -2.16. The van der Waals surface area contributed by atoms with E-state index in [9.17, 15) is 0 Å². The minimum atomic E-state index is -0.0990. The van der Waals surface area contributed by atoms with Crippen LogP contribution in [0.1, 0.15) is 25.0 Å². The Labute approximate surface area is 368 Å². The highest BCUT2D eigenvalue weighted by molar-refractivity contribution is 6.19. The molecule has 63 heavy (non-hydrogen) atoms. The molecule has 0 N–H and O–H groups in total. The van der Waals surface area contributed by atoms with Gasteiger partial charge in [0.25, 0.3) is 0 Å². The Morgan fingerprint density at radius 1 is 0.365 bits per heavy atom. The number of hydrogen-bond acceptors (Lipinski definition) is 2. The van der Waals surface area contributed by atoms with E-state index in [2.05, 4.69) is 243 Å². The highest BCUT2D eigenvalue weighted by Crippen LogP contribution is 2.52. The number of benzene rings is 10. The highest BCUT2D eigenvalue weighted by Gasteiger charge is 2.37. The van der Waals surface area contributed by atoms with Crippen molar-refractivity contribution in [1.29, 1.82) is 0 Å². The van der Waals surface area contributed by atoms with Gasteiger partial charge in [-0.2, -0.15) is 0 Å². The lowest BCUT2D eigenvalue weighted by molar-refractivity contribution is 0.662. The second kappa shape index (κ2) is 14.6. The quantitative estimate of drug-likeness (QED) is 0.160. The first-order valence-corrected chi connectivity index (χ1v) is 21.8. The Morgan fingerprint density at radius 3 is 1.62 bits per heavy atom. The van der Waals surface area contributed by atoms with Crippen molar-refractivity contribution < 1.29 is 4.42 Å². The van der Waals surface area contributed by atoms with Gasteiger partial charge < -0.3 is 9.32 Å². The average Bonchev–Trinajstić information content (AvgIpc) is 3.85.